The number of aromatic nitrogens is 4. The number of morpholine rings is 1. The first-order valence-electron chi connectivity index (χ1n) is 12.6. The van der Waals surface area contributed by atoms with Crippen LogP contribution in [-0.4, -0.2) is 57.0 Å². The second kappa shape index (κ2) is 9.44. The standard InChI is InChI=1S/C28H30N6O2/c1-3-18-11-32-27-23(18)10-21(12-33-27)20-8-19-4-6-34(28(35)22-13-30-17(2)31-14-22)15-25(19)24(9-20)26-16-36-7-5-29-26/h8-14,26,29H,3-7,15-16H2,1-2H3,(H,32,33)/t26-/m0/s1. The zero-order valence-electron chi connectivity index (χ0n) is 20.7. The molecule has 0 unspecified atom stereocenters. The van der Waals surface area contributed by atoms with E-state index in [9.17, 15) is 4.79 Å². The SMILES string of the molecule is CCc1c[nH]c2ncc(-c3cc4c(c([C@@H]5COCCN5)c3)CN(C(=O)c3cnc(C)nc3)CC4)cc12. The third-order valence-corrected chi connectivity index (χ3v) is 7.32. The van der Waals surface area contributed by atoms with Gasteiger partial charge in [-0.05, 0) is 59.7 Å². The number of H-pyrrole nitrogens is 1. The molecule has 1 saturated heterocycles. The van der Waals surface area contributed by atoms with Gasteiger partial charge in [0.25, 0.3) is 5.91 Å². The van der Waals surface area contributed by atoms with Gasteiger partial charge in [-0.2, -0.15) is 0 Å². The Morgan fingerprint density at radius 1 is 1.14 bits per heavy atom. The van der Waals surface area contributed by atoms with Gasteiger partial charge in [0.2, 0.25) is 0 Å². The lowest BCUT2D eigenvalue weighted by atomic mass is 9.87. The zero-order chi connectivity index (χ0) is 24.6. The maximum atomic E-state index is 13.3. The summed E-state index contributed by atoms with van der Waals surface area (Å²) in [6.07, 6.45) is 8.99. The first-order chi connectivity index (χ1) is 17.6. The number of rotatable bonds is 4. The van der Waals surface area contributed by atoms with Crippen LogP contribution in [0.25, 0.3) is 22.2 Å². The Hall–Kier alpha value is -3.62. The van der Waals surface area contributed by atoms with E-state index in [2.05, 4.69) is 45.4 Å². The fourth-order valence-electron chi connectivity index (χ4n) is 5.31. The molecule has 2 N–H and O–H groups in total. The number of aromatic amines is 1. The van der Waals surface area contributed by atoms with Crippen molar-refractivity contribution in [2.45, 2.75) is 39.3 Å². The Labute approximate surface area is 210 Å². The molecule has 1 aromatic carbocycles. The molecule has 5 heterocycles. The Morgan fingerprint density at radius 3 is 2.78 bits per heavy atom. The summed E-state index contributed by atoms with van der Waals surface area (Å²) in [4.78, 5) is 31.6. The molecule has 1 atom stereocenters. The van der Waals surface area contributed by atoms with Crippen molar-refractivity contribution < 1.29 is 9.53 Å². The number of nitrogens with zero attached hydrogens (tertiary/aromatic N) is 4. The minimum atomic E-state index is -0.0299. The van der Waals surface area contributed by atoms with Gasteiger partial charge in [0.05, 0.1) is 24.8 Å². The molecule has 184 valence electrons. The van der Waals surface area contributed by atoms with Crippen LogP contribution in [0.2, 0.25) is 0 Å². The van der Waals surface area contributed by atoms with Crippen molar-refractivity contribution in [2.75, 3.05) is 26.3 Å². The van der Waals surface area contributed by atoms with Crippen LogP contribution in [-0.2, 0) is 24.1 Å². The van der Waals surface area contributed by atoms with Crippen LogP contribution in [0.3, 0.4) is 0 Å². The highest BCUT2D eigenvalue weighted by atomic mass is 16.5. The third-order valence-electron chi connectivity index (χ3n) is 7.32. The fraction of sp³-hybridized carbons (Fsp3) is 0.357. The minimum absolute atomic E-state index is 0.0299. The molecule has 4 aromatic rings. The number of aryl methyl sites for hydroxylation is 2. The predicted molar refractivity (Wildman–Crippen MR) is 138 cm³/mol. The van der Waals surface area contributed by atoms with E-state index in [-0.39, 0.29) is 11.9 Å². The van der Waals surface area contributed by atoms with Gasteiger partial charge in [-0.15, -0.1) is 0 Å². The normalized spacial score (nSPS) is 17.8. The number of hydrogen-bond acceptors (Lipinski definition) is 6. The lowest BCUT2D eigenvalue weighted by molar-refractivity contribution is 0.0715. The molecule has 0 radical (unpaired) electrons. The number of hydrogen-bond donors (Lipinski definition) is 2. The van der Waals surface area contributed by atoms with Gasteiger partial charge in [0.15, 0.2) is 0 Å². The van der Waals surface area contributed by atoms with Crippen molar-refractivity contribution in [3.8, 4) is 11.1 Å². The largest absolute Gasteiger partial charge is 0.378 e. The summed E-state index contributed by atoms with van der Waals surface area (Å²) in [6.45, 7) is 7.34. The van der Waals surface area contributed by atoms with Crippen molar-refractivity contribution in [2.24, 2.45) is 0 Å². The van der Waals surface area contributed by atoms with Gasteiger partial charge >= 0.3 is 0 Å². The second-order valence-electron chi connectivity index (χ2n) is 9.57. The van der Waals surface area contributed by atoms with E-state index in [1.54, 1.807) is 12.4 Å². The van der Waals surface area contributed by atoms with Crippen molar-refractivity contribution in [1.82, 2.24) is 30.2 Å². The Balaban J connectivity index is 1.39. The molecule has 2 aliphatic rings. The minimum Gasteiger partial charge on any atom is -0.378 e. The van der Waals surface area contributed by atoms with Gasteiger partial charge in [-0.3, -0.25) is 4.79 Å². The molecule has 8 nitrogen and oxygen atoms in total. The summed E-state index contributed by atoms with van der Waals surface area (Å²) >= 11 is 0. The molecule has 2 aliphatic heterocycles. The number of pyridine rings is 1. The smallest absolute Gasteiger partial charge is 0.257 e. The molecular weight excluding hydrogens is 452 g/mol. The van der Waals surface area contributed by atoms with E-state index in [0.717, 1.165) is 36.2 Å². The summed E-state index contributed by atoms with van der Waals surface area (Å²) in [5.41, 5.74) is 8.67. The van der Waals surface area contributed by atoms with Gasteiger partial charge in [0.1, 0.15) is 11.5 Å². The van der Waals surface area contributed by atoms with E-state index >= 15 is 0 Å². The second-order valence-corrected chi connectivity index (χ2v) is 9.57. The topological polar surface area (TPSA) is 96.0 Å². The van der Waals surface area contributed by atoms with Gasteiger partial charge in [-0.1, -0.05) is 13.0 Å². The summed E-state index contributed by atoms with van der Waals surface area (Å²) in [6, 6.07) is 6.86. The molecular formula is C28H30N6O2. The number of ether oxygens (including phenoxy) is 1. The van der Waals surface area contributed by atoms with E-state index in [0.29, 0.717) is 37.7 Å². The summed E-state index contributed by atoms with van der Waals surface area (Å²) in [7, 11) is 0. The number of nitrogens with one attached hydrogen (secondary N) is 2. The van der Waals surface area contributed by atoms with Crippen LogP contribution in [0.1, 0.15) is 51.4 Å². The van der Waals surface area contributed by atoms with Gasteiger partial charge < -0.3 is 19.9 Å². The van der Waals surface area contributed by atoms with E-state index in [1.165, 1.54) is 27.6 Å². The maximum Gasteiger partial charge on any atom is 0.257 e. The van der Waals surface area contributed by atoms with E-state index in [4.69, 9.17) is 9.72 Å². The van der Waals surface area contributed by atoms with E-state index in [1.807, 2.05) is 24.2 Å². The van der Waals surface area contributed by atoms with Crippen LogP contribution in [0, 0.1) is 6.92 Å². The number of carbonyl (C=O) groups is 1. The van der Waals surface area contributed by atoms with Crippen LogP contribution >= 0.6 is 0 Å². The number of fused-ring (bicyclic) bond motifs is 2. The predicted octanol–water partition coefficient (Wildman–Crippen LogP) is 3.75. The number of amides is 1. The van der Waals surface area contributed by atoms with Crippen LogP contribution in [0.15, 0.2) is 43.0 Å². The van der Waals surface area contributed by atoms with Crippen molar-refractivity contribution in [3.63, 3.8) is 0 Å². The summed E-state index contributed by atoms with van der Waals surface area (Å²) in [5.74, 6) is 0.629. The lowest BCUT2D eigenvalue weighted by Gasteiger charge is -2.34. The van der Waals surface area contributed by atoms with Crippen LogP contribution < -0.4 is 5.32 Å². The first-order valence-corrected chi connectivity index (χ1v) is 12.6. The molecule has 6 rings (SSSR count). The maximum absolute atomic E-state index is 13.3. The summed E-state index contributed by atoms with van der Waals surface area (Å²) < 4.78 is 5.83. The third kappa shape index (κ3) is 4.16. The molecule has 0 spiro atoms. The molecule has 1 amide bonds. The van der Waals surface area contributed by atoms with Gasteiger partial charge in [-0.25, -0.2) is 15.0 Å². The number of benzene rings is 1. The quantitative estimate of drug-likeness (QED) is 0.460. The number of carbonyl (C=O) groups excluding carboxylic acids is 1. The highest BCUT2D eigenvalue weighted by Crippen LogP contribution is 2.35. The van der Waals surface area contributed by atoms with Crippen LogP contribution in [0.4, 0.5) is 0 Å². The van der Waals surface area contributed by atoms with Crippen molar-refractivity contribution in [3.05, 3.63) is 76.6 Å². The highest BCUT2D eigenvalue weighted by molar-refractivity contribution is 5.94. The molecule has 1 fully saturated rings. The molecule has 36 heavy (non-hydrogen) atoms. The van der Waals surface area contributed by atoms with Crippen molar-refractivity contribution >= 4 is 16.9 Å². The van der Waals surface area contributed by atoms with Crippen molar-refractivity contribution in [1.29, 1.82) is 0 Å². The molecule has 0 bridgehead atoms. The monoisotopic (exact) mass is 482 g/mol. The Bertz CT molecular complexity index is 1420. The Morgan fingerprint density at radius 2 is 2.00 bits per heavy atom. The molecule has 0 saturated carbocycles. The van der Waals surface area contributed by atoms with Crippen LogP contribution in [0.5, 0.6) is 0 Å². The first kappa shape index (κ1) is 22.8. The average molecular weight is 483 g/mol. The van der Waals surface area contributed by atoms with E-state index < -0.39 is 0 Å². The fourth-order valence-corrected chi connectivity index (χ4v) is 5.31. The zero-order valence-corrected chi connectivity index (χ0v) is 20.7. The Kier molecular flexibility index (Phi) is 5.99. The van der Waals surface area contributed by atoms with Gasteiger partial charge in [0, 0.05) is 55.4 Å². The average Bonchev–Trinajstić information content (AvgIpc) is 3.35. The molecule has 3 aromatic heterocycles. The molecule has 8 heteroatoms. The summed E-state index contributed by atoms with van der Waals surface area (Å²) in [5, 5.41) is 4.79. The highest BCUT2D eigenvalue weighted by Gasteiger charge is 2.28. The lowest BCUT2D eigenvalue weighted by Crippen LogP contribution is -2.39. The molecule has 0 aliphatic carbocycles.